The monoisotopic (exact) mass is 582 g/mol. The van der Waals surface area contributed by atoms with Crippen LogP contribution >= 0.6 is 0 Å². The zero-order valence-corrected chi connectivity index (χ0v) is 23.1. The van der Waals surface area contributed by atoms with Crippen LogP contribution in [0.5, 0.6) is 5.88 Å². The van der Waals surface area contributed by atoms with Crippen molar-refractivity contribution in [3.63, 3.8) is 0 Å². The maximum atomic E-state index is 15.5. The molecule has 216 valence electrons. The molecule has 1 atom stereocenters. The lowest BCUT2D eigenvalue weighted by Crippen LogP contribution is -2.31. The maximum Gasteiger partial charge on any atom is 0.214 e. The SMILES string of the molecule is CC(=O)c1ccc2nc(Cc3c(F)cc(-c4cccc(OCc5ccc(C#N)cc5F)n4)cc3F)n(CC3CCO3)c2c1. The molecule has 7 nitrogen and oxygen atoms in total. The van der Waals surface area contributed by atoms with Gasteiger partial charge in [-0.3, -0.25) is 4.79 Å². The van der Waals surface area contributed by atoms with E-state index in [0.717, 1.165) is 12.5 Å². The minimum Gasteiger partial charge on any atom is -0.473 e. The van der Waals surface area contributed by atoms with E-state index in [2.05, 4.69) is 9.97 Å². The summed E-state index contributed by atoms with van der Waals surface area (Å²) in [7, 11) is 0. The van der Waals surface area contributed by atoms with Crippen molar-refractivity contribution in [2.75, 3.05) is 6.61 Å². The molecule has 43 heavy (non-hydrogen) atoms. The van der Waals surface area contributed by atoms with Gasteiger partial charge in [0.2, 0.25) is 5.88 Å². The number of benzene rings is 3. The first-order valence-corrected chi connectivity index (χ1v) is 13.7. The van der Waals surface area contributed by atoms with Crippen molar-refractivity contribution in [2.45, 2.75) is 39.0 Å². The van der Waals surface area contributed by atoms with Crippen LogP contribution in [-0.4, -0.2) is 33.0 Å². The summed E-state index contributed by atoms with van der Waals surface area (Å²) in [4.78, 5) is 21.0. The van der Waals surface area contributed by atoms with Gasteiger partial charge in [-0.15, -0.1) is 0 Å². The molecule has 0 aliphatic carbocycles. The topological polar surface area (TPSA) is 90.0 Å². The first-order chi connectivity index (χ1) is 20.8. The van der Waals surface area contributed by atoms with E-state index in [1.165, 1.54) is 31.2 Å². The molecule has 0 spiro atoms. The Morgan fingerprint density at radius 2 is 1.84 bits per heavy atom. The van der Waals surface area contributed by atoms with Gasteiger partial charge in [-0.1, -0.05) is 12.1 Å². The normalized spacial score (nSPS) is 14.3. The number of fused-ring (bicyclic) bond motifs is 1. The molecule has 10 heteroatoms. The lowest BCUT2D eigenvalue weighted by molar-refractivity contribution is -0.0589. The van der Waals surface area contributed by atoms with Crippen molar-refractivity contribution < 1.29 is 27.4 Å². The van der Waals surface area contributed by atoms with Gasteiger partial charge >= 0.3 is 0 Å². The summed E-state index contributed by atoms with van der Waals surface area (Å²) in [5.41, 5.74) is 2.61. The van der Waals surface area contributed by atoms with E-state index >= 15 is 8.78 Å². The number of aromatic nitrogens is 3. The first-order valence-electron chi connectivity index (χ1n) is 13.7. The fraction of sp³-hybridized carbons (Fsp3) is 0.212. The lowest BCUT2D eigenvalue weighted by atomic mass is 10.0. The van der Waals surface area contributed by atoms with Crippen LogP contribution in [0, 0.1) is 28.8 Å². The predicted molar refractivity (Wildman–Crippen MR) is 152 cm³/mol. The van der Waals surface area contributed by atoms with Crippen LogP contribution in [0.2, 0.25) is 0 Å². The highest BCUT2D eigenvalue weighted by Crippen LogP contribution is 2.29. The fourth-order valence-corrected chi connectivity index (χ4v) is 4.98. The molecule has 5 aromatic rings. The number of imidazole rings is 1. The van der Waals surface area contributed by atoms with Crippen LogP contribution in [0.25, 0.3) is 22.3 Å². The van der Waals surface area contributed by atoms with Crippen molar-refractivity contribution in [1.82, 2.24) is 14.5 Å². The number of carbonyl (C=O) groups is 1. The van der Waals surface area contributed by atoms with Crippen LogP contribution in [0.15, 0.2) is 66.7 Å². The van der Waals surface area contributed by atoms with Crippen molar-refractivity contribution in [3.05, 3.63) is 112 Å². The Labute approximate surface area is 245 Å². The molecule has 3 heterocycles. The molecule has 1 unspecified atom stereocenters. The summed E-state index contributed by atoms with van der Waals surface area (Å²) in [6.45, 7) is 2.45. The number of hydrogen-bond donors (Lipinski definition) is 0. The highest BCUT2D eigenvalue weighted by atomic mass is 19.1. The Balaban J connectivity index is 1.26. The third kappa shape index (κ3) is 5.85. The highest BCUT2D eigenvalue weighted by Gasteiger charge is 2.24. The summed E-state index contributed by atoms with van der Waals surface area (Å²) < 4.78 is 58.3. The zero-order valence-electron chi connectivity index (χ0n) is 23.1. The van der Waals surface area contributed by atoms with E-state index in [4.69, 9.17) is 14.7 Å². The Bertz CT molecular complexity index is 1890. The number of nitriles is 1. The molecule has 1 aliphatic rings. The summed E-state index contributed by atoms with van der Waals surface area (Å²) in [5.74, 6) is -1.59. The number of ketones is 1. The smallest absolute Gasteiger partial charge is 0.214 e. The lowest BCUT2D eigenvalue weighted by Gasteiger charge is -2.27. The van der Waals surface area contributed by atoms with Gasteiger partial charge in [0, 0.05) is 41.3 Å². The van der Waals surface area contributed by atoms with E-state index < -0.39 is 17.5 Å². The average Bonchev–Trinajstić information content (AvgIpc) is 3.32. The number of halogens is 3. The van der Waals surface area contributed by atoms with E-state index in [1.807, 2.05) is 10.6 Å². The molecular weight excluding hydrogens is 557 g/mol. The molecule has 6 rings (SSSR count). The molecule has 2 aromatic heterocycles. The van der Waals surface area contributed by atoms with Crippen LogP contribution < -0.4 is 4.74 Å². The van der Waals surface area contributed by atoms with E-state index in [0.29, 0.717) is 35.6 Å². The molecule has 0 amide bonds. The molecule has 0 radical (unpaired) electrons. The number of pyridine rings is 1. The van der Waals surface area contributed by atoms with Gasteiger partial charge in [0.25, 0.3) is 0 Å². The maximum absolute atomic E-state index is 15.5. The third-order valence-electron chi connectivity index (χ3n) is 7.47. The summed E-state index contributed by atoms with van der Waals surface area (Å²) in [5, 5.41) is 8.91. The van der Waals surface area contributed by atoms with Crippen LogP contribution in [0.3, 0.4) is 0 Å². The second kappa shape index (κ2) is 11.7. The van der Waals surface area contributed by atoms with Gasteiger partial charge in [0.15, 0.2) is 5.78 Å². The van der Waals surface area contributed by atoms with Gasteiger partial charge < -0.3 is 14.0 Å². The number of ether oxygens (including phenoxy) is 2. The number of Topliss-reactive ketones (excluding diaryl/α,β-unsaturated/α-hetero) is 1. The quantitative estimate of drug-likeness (QED) is 0.183. The van der Waals surface area contributed by atoms with Crippen molar-refractivity contribution >= 4 is 16.8 Å². The molecule has 0 saturated carbocycles. The molecule has 1 fully saturated rings. The number of hydrogen-bond acceptors (Lipinski definition) is 6. The largest absolute Gasteiger partial charge is 0.473 e. The van der Waals surface area contributed by atoms with E-state index in [1.54, 1.807) is 36.4 Å². The minimum absolute atomic E-state index is 0.0387. The number of carbonyl (C=O) groups excluding carboxylic acids is 1. The summed E-state index contributed by atoms with van der Waals surface area (Å²) in [6, 6.07) is 18.3. The second-order valence-corrected chi connectivity index (χ2v) is 10.3. The first kappa shape index (κ1) is 28.1. The fourth-order valence-electron chi connectivity index (χ4n) is 4.98. The standard InChI is InChI=1S/C33H25F3N4O3/c1-19(41)21-7-8-30-31(14-21)40(17-24-9-10-42-24)32(38-30)15-25-27(35)12-23(13-28(25)36)29-3-2-4-33(39-29)43-18-22-6-5-20(16-37)11-26(22)34/h2-8,11-14,24H,9-10,15,17-18H2,1H3. The molecule has 1 aliphatic heterocycles. The van der Waals surface area contributed by atoms with E-state index in [9.17, 15) is 9.18 Å². The Morgan fingerprint density at radius 3 is 2.51 bits per heavy atom. The molecule has 0 N–H and O–H groups in total. The second-order valence-electron chi connectivity index (χ2n) is 10.3. The van der Waals surface area contributed by atoms with Crippen molar-refractivity contribution in [2.24, 2.45) is 0 Å². The van der Waals surface area contributed by atoms with Gasteiger partial charge in [-0.05, 0) is 61.9 Å². The molecule has 0 bridgehead atoms. The Morgan fingerprint density at radius 1 is 1.05 bits per heavy atom. The summed E-state index contributed by atoms with van der Waals surface area (Å²) in [6.07, 6.45) is 0.714. The molecule has 1 saturated heterocycles. The average molecular weight is 583 g/mol. The van der Waals surface area contributed by atoms with Gasteiger partial charge in [-0.25, -0.2) is 23.1 Å². The Hall–Kier alpha value is -5.01. The summed E-state index contributed by atoms with van der Waals surface area (Å²) >= 11 is 0. The van der Waals surface area contributed by atoms with Gasteiger partial charge in [0.1, 0.15) is 29.9 Å². The van der Waals surface area contributed by atoms with E-state index in [-0.39, 0.29) is 58.7 Å². The Kier molecular flexibility index (Phi) is 7.65. The number of nitrogens with zero attached hydrogens (tertiary/aromatic N) is 4. The molecular formula is C33H25F3N4O3. The van der Waals surface area contributed by atoms with Crippen molar-refractivity contribution in [1.29, 1.82) is 5.26 Å². The van der Waals surface area contributed by atoms with Crippen LogP contribution in [0.1, 0.15) is 46.2 Å². The third-order valence-corrected chi connectivity index (χ3v) is 7.47. The minimum atomic E-state index is -0.759. The van der Waals surface area contributed by atoms with Crippen LogP contribution in [0.4, 0.5) is 13.2 Å². The van der Waals surface area contributed by atoms with Gasteiger partial charge in [0.05, 0.1) is 41.0 Å². The van der Waals surface area contributed by atoms with Crippen molar-refractivity contribution in [3.8, 4) is 23.2 Å². The predicted octanol–water partition coefficient (Wildman–Crippen LogP) is 6.55. The number of rotatable bonds is 9. The molecule has 3 aromatic carbocycles. The zero-order chi connectivity index (χ0) is 30.1. The van der Waals surface area contributed by atoms with Crippen LogP contribution in [-0.2, 0) is 24.3 Å². The highest BCUT2D eigenvalue weighted by molar-refractivity contribution is 5.97. The van der Waals surface area contributed by atoms with Gasteiger partial charge in [-0.2, -0.15) is 5.26 Å².